The number of benzene rings is 1. The SMILES string of the molecule is CNCCC(=O)N(C)[C@@H](C)C(=O)OC1CC(=O)N(C)c2cc(cc(OC)c2Cl)C/C(C)=C/C=C/[C@@H](OC)[C@@]2(O)C[C@H](OC(=O)N2)[C@@H](C)[C@@H](C(C)C)O1. The molecule has 15 heteroatoms. The van der Waals surface area contributed by atoms with Gasteiger partial charge in [-0.3, -0.25) is 14.9 Å². The van der Waals surface area contributed by atoms with Gasteiger partial charge < -0.3 is 43.9 Å². The largest absolute Gasteiger partial charge is 0.495 e. The fourth-order valence-electron chi connectivity index (χ4n) is 6.31. The standard InChI is InChI=1S/C37H55ClN4O10/c1-21(2)34-23(4)28-20-37(47,40-36(46)50-28)29(49-10)13-11-12-22(3)16-25-17-26(33(38)27(18-25)48-9)42(8)31(44)19-32(51-34)52-35(45)24(5)41(7)30(43)14-15-39-6/h11-13,17-18,21,23-24,28-29,32,34,39,47H,14-16,19-20H2,1-10H3,(H,40,46)/b13-11+,22-12+/t23-,24+,28+,29-,32?,34-,37+/m1/s1. The van der Waals surface area contributed by atoms with E-state index in [1.54, 1.807) is 45.3 Å². The predicted molar refractivity (Wildman–Crippen MR) is 196 cm³/mol. The number of alkyl carbamates (subject to hydrolysis) is 1. The lowest BCUT2D eigenvalue weighted by atomic mass is 9.84. The minimum Gasteiger partial charge on any atom is -0.495 e. The van der Waals surface area contributed by atoms with Crippen LogP contribution in [0.2, 0.25) is 5.02 Å². The smallest absolute Gasteiger partial charge is 0.409 e. The lowest BCUT2D eigenvalue weighted by Gasteiger charge is -2.44. The second kappa shape index (κ2) is 18.9. The first-order valence-electron chi connectivity index (χ1n) is 17.4. The van der Waals surface area contributed by atoms with E-state index in [0.29, 0.717) is 24.4 Å². The molecule has 0 saturated carbocycles. The van der Waals surface area contributed by atoms with E-state index in [-0.39, 0.29) is 29.7 Å². The maximum Gasteiger partial charge on any atom is 0.409 e. The van der Waals surface area contributed by atoms with Gasteiger partial charge in [-0.2, -0.15) is 0 Å². The van der Waals surface area contributed by atoms with E-state index in [1.807, 2.05) is 26.8 Å². The average Bonchev–Trinajstić information content (AvgIpc) is 3.09. The highest BCUT2D eigenvalue weighted by Gasteiger charge is 2.48. The molecule has 1 fully saturated rings. The Labute approximate surface area is 311 Å². The molecule has 4 bridgehead atoms. The number of carbonyl (C=O) groups is 4. The van der Waals surface area contributed by atoms with Crippen LogP contribution in [0.25, 0.3) is 0 Å². The van der Waals surface area contributed by atoms with Gasteiger partial charge in [0.2, 0.25) is 18.1 Å². The molecule has 2 aliphatic heterocycles. The molecule has 3 N–H and O–H groups in total. The summed E-state index contributed by atoms with van der Waals surface area (Å²) in [6.45, 7) is 9.42. The summed E-state index contributed by atoms with van der Waals surface area (Å²) in [5, 5.41) is 17.4. The summed E-state index contributed by atoms with van der Waals surface area (Å²) >= 11 is 6.74. The van der Waals surface area contributed by atoms with Crippen molar-refractivity contribution >= 4 is 41.2 Å². The zero-order valence-corrected chi connectivity index (χ0v) is 32.6. The summed E-state index contributed by atoms with van der Waals surface area (Å²) in [4.78, 5) is 55.8. The number of halogens is 1. The van der Waals surface area contributed by atoms with E-state index >= 15 is 0 Å². The summed E-state index contributed by atoms with van der Waals surface area (Å²) in [6, 6.07) is 2.56. The maximum atomic E-state index is 14.0. The molecule has 2 aliphatic rings. The molecular formula is C37H55ClN4O10. The molecule has 0 aliphatic carbocycles. The van der Waals surface area contributed by atoms with Gasteiger partial charge in [0.05, 0.1) is 25.3 Å². The number of amides is 3. The van der Waals surface area contributed by atoms with Crippen LogP contribution in [-0.2, 0) is 39.8 Å². The van der Waals surface area contributed by atoms with Crippen LogP contribution in [-0.4, -0.2) is 112 Å². The zero-order valence-electron chi connectivity index (χ0n) is 31.9. The Morgan fingerprint density at radius 1 is 1.23 bits per heavy atom. The van der Waals surface area contributed by atoms with Crippen molar-refractivity contribution in [3.63, 3.8) is 0 Å². The monoisotopic (exact) mass is 750 g/mol. The number of fused-ring (bicyclic) bond motifs is 4. The van der Waals surface area contributed by atoms with Gasteiger partial charge in [-0.05, 0) is 50.9 Å². The third-order valence-electron chi connectivity index (χ3n) is 9.56. The van der Waals surface area contributed by atoms with E-state index in [2.05, 4.69) is 10.6 Å². The van der Waals surface area contributed by atoms with Gasteiger partial charge in [0, 0.05) is 46.5 Å². The molecule has 7 atom stereocenters. The average molecular weight is 751 g/mol. The van der Waals surface area contributed by atoms with Gasteiger partial charge in [0.15, 0.2) is 5.72 Å². The summed E-state index contributed by atoms with van der Waals surface area (Å²) in [5.74, 6) is -2.00. The highest BCUT2D eigenvalue weighted by atomic mass is 35.5. The van der Waals surface area contributed by atoms with Crippen molar-refractivity contribution in [3.8, 4) is 5.75 Å². The zero-order chi connectivity index (χ0) is 38.9. The number of ether oxygens (including phenoxy) is 5. The Balaban J connectivity index is 2.13. The number of esters is 1. The molecular weight excluding hydrogens is 696 g/mol. The number of carbonyl (C=O) groups excluding carboxylic acids is 4. The number of likely N-dealkylation sites (N-methyl/N-ethyl adjacent to an activating group) is 1. The van der Waals surface area contributed by atoms with Gasteiger partial charge >= 0.3 is 12.1 Å². The van der Waals surface area contributed by atoms with Crippen LogP contribution in [0.15, 0.2) is 35.9 Å². The number of nitrogens with one attached hydrogen (secondary N) is 2. The molecule has 0 spiro atoms. The number of methoxy groups -OCH3 is 2. The van der Waals surface area contributed by atoms with Gasteiger partial charge in [-0.15, -0.1) is 0 Å². The Hall–Kier alpha value is -3.69. The molecule has 2 heterocycles. The number of hydrogen-bond acceptors (Lipinski definition) is 11. The Bertz CT molecular complexity index is 1500. The van der Waals surface area contributed by atoms with Crippen LogP contribution in [0.4, 0.5) is 10.5 Å². The fraction of sp³-hybridized carbons (Fsp3) is 0.622. The summed E-state index contributed by atoms with van der Waals surface area (Å²) in [6.07, 6.45) is 0.548. The van der Waals surface area contributed by atoms with E-state index < -0.39 is 66.7 Å². The predicted octanol–water partition coefficient (Wildman–Crippen LogP) is 3.97. The van der Waals surface area contributed by atoms with E-state index in [0.717, 1.165) is 11.1 Å². The van der Waals surface area contributed by atoms with Crippen molar-refractivity contribution in [1.82, 2.24) is 15.5 Å². The maximum absolute atomic E-state index is 14.0. The van der Waals surface area contributed by atoms with Gasteiger partial charge in [0.25, 0.3) is 0 Å². The number of anilines is 1. The van der Waals surface area contributed by atoms with Gasteiger partial charge in [-0.1, -0.05) is 56.2 Å². The number of aliphatic hydroxyl groups is 1. The topological polar surface area (TPSA) is 165 Å². The van der Waals surface area contributed by atoms with Crippen molar-refractivity contribution in [3.05, 3.63) is 46.5 Å². The van der Waals surface area contributed by atoms with Crippen LogP contribution in [0.5, 0.6) is 5.75 Å². The molecule has 290 valence electrons. The highest BCUT2D eigenvalue weighted by Crippen LogP contribution is 2.38. The second-order valence-corrected chi connectivity index (χ2v) is 14.2. The molecule has 1 aromatic carbocycles. The van der Waals surface area contributed by atoms with Gasteiger partial charge in [-0.25, -0.2) is 9.59 Å². The number of hydrogen-bond donors (Lipinski definition) is 3. The van der Waals surface area contributed by atoms with Crippen LogP contribution in [0, 0.1) is 11.8 Å². The lowest BCUT2D eigenvalue weighted by molar-refractivity contribution is -0.214. The van der Waals surface area contributed by atoms with E-state index in [1.165, 1.54) is 38.0 Å². The van der Waals surface area contributed by atoms with Crippen molar-refractivity contribution in [2.75, 3.05) is 46.8 Å². The fourth-order valence-corrected chi connectivity index (χ4v) is 6.62. The van der Waals surface area contributed by atoms with E-state index in [4.69, 9.17) is 35.3 Å². The van der Waals surface area contributed by atoms with Crippen molar-refractivity contribution < 1.29 is 48.0 Å². The highest BCUT2D eigenvalue weighted by molar-refractivity contribution is 6.35. The molecule has 0 radical (unpaired) electrons. The van der Waals surface area contributed by atoms with Crippen LogP contribution in [0.1, 0.15) is 59.4 Å². The summed E-state index contributed by atoms with van der Waals surface area (Å²) < 4.78 is 29.2. The Morgan fingerprint density at radius 3 is 2.54 bits per heavy atom. The Kier molecular flexibility index (Phi) is 15.5. The van der Waals surface area contributed by atoms with Crippen LogP contribution in [0.3, 0.4) is 0 Å². The summed E-state index contributed by atoms with van der Waals surface area (Å²) in [7, 11) is 7.69. The minimum atomic E-state index is -1.84. The third kappa shape index (κ3) is 10.7. The van der Waals surface area contributed by atoms with Crippen LogP contribution < -0.4 is 20.3 Å². The molecule has 52 heavy (non-hydrogen) atoms. The van der Waals surface area contributed by atoms with E-state index in [9.17, 15) is 24.3 Å². The number of nitrogens with zero attached hydrogens (tertiary/aromatic N) is 2. The first-order chi connectivity index (χ1) is 24.5. The Morgan fingerprint density at radius 2 is 1.92 bits per heavy atom. The van der Waals surface area contributed by atoms with Crippen molar-refractivity contribution in [2.45, 2.75) is 96.7 Å². The molecule has 14 nitrogen and oxygen atoms in total. The first-order valence-corrected chi connectivity index (χ1v) is 17.8. The van der Waals surface area contributed by atoms with Crippen molar-refractivity contribution in [2.24, 2.45) is 11.8 Å². The molecule has 3 rings (SSSR count). The second-order valence-electron chi connectivity index (χ2n) is 13.8. The summed E-state index contributed by atoms with van der Waals surface area (Å²) in [5.41, 5.74) is 0.253. The molecule has 1 unspecified atom stereocenters. The molecule has 1 aromatic rings. The van der Waals surface area contributed by atoms with Crippen LogP contribution >= 0.6 is 11.6 Å². The van der Waals surface area contributed by atoms with Crippen molar-refractivity contribution in [1.29, 1.82) is 0 Å². The molecule has 0 aromatic heterocycles. The lowest BCUT2D eigenvalue weighted by Crippen LogP contribution is -2.64. The number of allylic oxidation sites excluding steroid dienone is 3. The minimum absolute atomic E-state index is 0.0646. The normalized spacial score (nSPS) is 28.2. The van der Waals surface area contributed by atoms with Gasteiger partial charge in [0.1, 0.15) is 29.0 Å². The molecule has 3 amide bonds. The quantitative estimate of drug-likeness (QED) is 0.313. The molecule has 1 saturated heterocycles. The first kappa shape index (κ1) is 42.7. The third-order valence-corrected chi connectivity index (χ3v) is 9.94. The number of rotatable bonds is 9.